The van der Waals surface area contributed by atoms with Gasteiger partial charge in [0.05, 0.1) is 33.2 Å². The Kier molecular flexibility index (Phi) is 11.3. The minimum atomic E-state index is -0.375. The molecule has 0 saturated carbocycles. The van der Waals surface area contributed by atoms with Gasteiger partial charge in [-0.05, 0) is 45.2 Å². The standard InChI is InChI=1S/C15H16N4OS2.C8H15FN2O/c1-10-15(22-11(2)19-10)13(16-3)8-21-9-18-14-5-4-12(7-20)6-17-14;1-7(12)11-4-3-10(2)8(5-9)6-11/h4-8H,3,9H2,1-2H3,(H,17,18);8H,3-6H2,1-2H3/b13-8-;/t;8-/m.1/s1. The molecule has 8 nitrogen and oxygen atoms in total. The van der Waals surface area contributed by atoms with Crippen LogP contribution in [0.2, 0.25) is 0 Å². The summed E-state index contributed by atoms with van der Waals surface area (Å²) in [7, 11) is 1.89. The predicted molar refractivity (Wildman–Crippen MR) is 139 cm³/mol. The number of aromatic nitrogens is 2. The number of pyridine rings is 1. The third-order valence-corrected chi connectivity index (χ3v) is 6.96. The van der Waals surface area contributed by atoms with E-state index in [1.54, 1.807) is 40.1 Å². The Morgan fingerprint density at radius 3 is 2.71 bits per heavy atom. The number of carbonyl (C=O) groups is 2. The number of aldehydes is 1. The van der Waals surface area contributed by atoms with Crippen LogP contribution in [0.5, 0.6) is 0 Å². The molecule has 184 valence electrons. The van der Waals surface area contributed by atoms with Crippen LogP contribution < -0.4 is 5.32 Å². The highest BCUT2D eigenvalue weighted by Gasteiger charge is 2.25. The number of nitrogens with one attached hydrogen (secondary N) is 1. The molecule has 0 aromatic carbocycles. The second-order valence-corrected chi connectivity index (χ2v) is 9.71. The van der Waals surface area contributed by atoms with Gasteiger partial charge < -0.3 is 10.2 Å². The van der Waals surface area contributed by atoms with Gasteiger partial charge in [0.2, 0.25) is 5.91 Å². The number of rotatable bonds is 8. The molecule has 0 bridgehead atoms. The molecule has 3 heterocycles. The van der Waals surface area contributed by atoms with Gasteiger partial charge in [0.25, 0.3) is 0 Å². The number of aliphatic imine (C=N–C) groups is 1. The molecule has 1 atom stereocenters. The van der Waals surface area contributed by atoms with Crippen molar-refractivity contribution in [3.63, 3.8) is 0 Å². The van der Waals surface area contributed by atoms with Crippen molar-refractivity contribution in [3.8, 4) is 0 Å². The van der Waals surface area contributed by atoms with Crippen molar-refractivity contribution in [1.82, 2.24) is 19.8 Å². The summed E-state index contributed by atoms with van der Waals surface area (Å²) in [4.78, 5) is 38.8. The van der Waals surface area contributed by atoms with Crippen molar-refractivity contribution >= 4 is 53.5 Å². The van der Waals surface area contributed by atoms with Gasteiger partial charge >= 0.3 is 0 Å². The molecular formula is C23H31FN6O2S2. The predicted octanol–water partition coefficient (Wildman–Crippen LogP) is 3.89. The minimum absolute atomic E-state index is 0.0431. The van der Waals surface area contributed by atoms with Crippen LogP contribution in [0.25, 0.3) is 5.70 Å². The maximum Gasteiger partial charge on any atom is 0.219 e. The van der Waals surface area contributed by atoms with Crippen molar-refractivity contribution in [1.29, 1.82) is 0 Å². The number of piperazine rings is 1. The number of halogens is 1. The first-order valence-corrected chi connectivity index (χ1v) is 12.5. The molecule has 2 aromatic heterocycles. The van der Waals surface area contributed by atoms with Gasteiger partial charge in [-0.2, -0.15) is 0 Å². The average Bonchev–Trinajstić information content (AvgIpc) is 3.17. The van der Waals surface area contributed by atoms with E-state index in [0.717, 1.165) is 46.5 Å². The van der Waals surface area contributed by atoms with Gasteiger partial charge in [0, 0.05) is 38.3 Å². The summed E-state index contributed by atoms with van der Waals surface area (Å²) in [5, 5.41) is 6.14. The Balaban J connectivity index is 0.000000287. The lowest BCUT2D eigenvalue weighted by molar-refractivity contribution is -0.131. The van der Waals surface area contributed by atoms with Crippen LogP contribution in [-0.4, -0.2) is 84.0 Å². The molecule has 0 aliphatic carbocycles. The van der Waals surface area contributed by atoms with Crippen molar-refractivity contribution in [2.75, 3.05) is 44.6 Å². The molecule has 3 rings (SSSR count). The second kappa shape index (κ2) is 13.9. The van der Waals surface area contributed by atoms with E-state index in [2.05, 4.69) is 27.0 Å². The molecule has 1 amide bonds. The fourth-order valence-corrected chi connectivity index (χ4v) is 4.78. The Hall–Kier alpha value is -2.63. The SMILES string of the molecule is C=N/C(=C\SCNc1ccc(C=O)cn1)c1sc(C)nc1C.CC(=O)N1CCN(C)[C@H](CF)C1. The Labute approximate surface area is 208 Å². The highest BCUT2D eigenvalue weighted by molar-refractivity contribution is 8.02. The molecule has 0 spiro atoms. The number of alkyl halides is 1. The lowest BCUT2D eigenvalue weighted by Crippen LogP contribution is -2.53. The van der Waals surface area contributed by atoms with Gasteiger partial charge in [0.15, 0.2) is 6.29 Å². The van der Waals surface area contributed by atoms with Crippen LogP contribution in [0, 0.1) is 13.8 Å². The molecule has 11 heteroatoms. The Morgan fingerprint density at radius 2 is 2.18 bits per heavy atom. The van der Waals surface area contributed by atoms with Gasteiger partial charge in [-0.25, -0.2) is 14.4 Å². The number of carbonyl (C=O) groups excluding carboxylic acids is 2. The molecule has 1 saturated heterocycles. The zero-order valence-corrected chi connectivity index (χ0v) is 21.6. The monoisotopic (exact) mass is 506 g/mol. The normalized spacial score (nSPS) is 16.4. The maximum absolute atomic E-state index is 12.4. The Morgan fingerprint density at radius 1 is 1.41 bits per heavy atom. The quantitative estimate of drug-likeness (QED) is 0.251. The van der Waals surface area contributed by atoms with Crippen molar-refractivity contribution in [3.05, 3.63) is 44.9 Å². The summed E-state index contributed by atoms with van der Waals surface area (Å²) in [6.45, 7) is 10.8. The van der Waals surface area contributed by atoms with Crippen LogP contribution in [0.3, 0.4) is 0 Å². The zero-order chi connectivity index (χ0) is 25.1. The molecule has 1 fully saturated rings. The molecule has 2 aromatic rings. The molecule has 1 N–H and O–H groups in total. The highest BCUT2D eigenvalue weighted by atomic mass is 32.2. The molecular weight excluding hydrogens is 475 g/mol. The lowest BCUT2D eigenvalue weighted by atomic mass is 10.2. The lowest BCUT2D eigenvalue weighted by Gasteiger charge is -2.37. The summed E-state index contributed by atoms with van der Waals surface area (Å²) >= 11 is 3.18. The van der Waals surface area contributed by atoms with Crippen LogP contribution in [0.15, 0.2) is 28.7 Å². The third-order valence-electron chi connectivity index (χ3n) is 5.16. The van der Waals surface area contributed by atoms with Gasteiger partial charge in [-0.15, -0.1) is 23.1 Å². The van der Waals surface area contributed by atoms with Crippen LogP contribution in [-0.2, 0) is 4.79 Å². The largest absolute Gasteiger partial charge is 0.361 e. The Bertz CT molecular complexity index is 996. The van der Waals surface area contributed by atoms with Crippen LogP contribution in [0.4, 0.5) is 10.2 Å². The van der Waals surface area contributed by atoms with Gasteiger partial charge in [-0.1, -0.05) is 0 Å². The number of amides is 1. The third kappa shape index (κ3) is 8.30. The first kappa shape index (κ1) is 27.6. The number of anilines is 1. The van der Waals surface area contributed by atoms with E-state index < -0.39 is 0 Å². The van der Waals surface area contributed by atoms with E-state index in [1.807, 2.05) is 31.2 Å². The molecule has 1 aliphatic rings. The van der Waals surface area contributed by atoms with Crippen LogP contribution in [0.1, 0.15) is 32.9 Å². The summed E-state index contributed by atoms with van der Waals surface area (Å²) in [6.07, 6.45) is 2.31. The summed E-state index contributed by atoms with van der Waals surface area (Å²) in [6, 6.07) is 3.39. The van der Waals surface area contributed by atoms with Crippen molar-refractivity contribution in [2.45, 2.75) is 26.8 Å². The number of hydrogen-bond donors (Lipinski definition) is 1. The van der Waals surface area contributed by atoms with Crippen molar-refractivity contribution in [2.24, 2.45) is 4.99 Å². The van der Waals surface area contributed by atoms with E-state index in [4.69, 9.17) is 0 Å². The number of hydrogen-bond acceptors (Lipinski definition) is 9. The number of thioether (sulfide) groups is 1. The first-order chi connectivity index (χ1) is 16.3. The van der Waals surface area contributed by atoms with Crippen LogP contribution >= 0.6 is 23.1 Å². The fourth-order valence-electron chi connectivity index (χ4n) is 3.15. The first-order valence-electron chi connectivity index (χ1n) is 10.7. The average molecular weight is 507 g/mol. The number of likely N-dealkylation sites (N-methyl/N-ethyl adjacent to an activating group) is 1. The molecule has 1 aliphatic heterocycles. The summed E-state index contributed by atoms with van der Waals surface area (Å²) in [5.74, 6) is 1.41. The smallest absolute Gasteiger partial charge is 0.219 e. The number of thiazole rings is 1. The topological polar surface area (TPSA) is 90.8 Å². The second-order valence-electron chi connectivity index (χ2n) is 7.64. The summed E-state index contributed by atoms with van der Waals surface area (Å²) < 4.78 is 12.4. The highest BCUT2D eigenvalue weighted by Crippen LogP contribution is 2.28. The number of nitrogens with zero attached hydrogens (tertiary/aromatic N) is 5. The summed E-state index contributed by atoms with van der Waals surface area (Å²) in [5.41, 5.74) is 2.37. The van der Waals surface area contributed by atoms with Gasteiger partial charge in [-0.3, -0.25) is 19.5 Å². The zero-order valence-electron chi connectivity index (χ0n) is 20.0. The fraction of sp³-hybridized carbons (Fsp3) is 0.435. The van der Waals surface area contributed by atoms with E-state index in [9.17, 15) is 14.0 Å². The molecule has 0 radical (unpaired) electrons. The van der Waals surface area contributed by atoms with Crippen molar-refractivity contribution < 1.29 is 14.0 Å². The van der Waals surface area contributed by atoms with E-state index in [1.165, 1.54) is 13.1 Å². The van der Waals surface area contributed by atoms with E-state index in [-0.39, 0.29) is 18.6 Å². The van der Waals surface area contributed by atoms with E-state index >= 15 is 0 Å². The van der Waals surface area contributed by atoms with Gasteiger partial charge in [0.1, 0.15) is 12.5 Å². The molecule has 34 heavy (non-hydrogen) atoms. The van der Waals surface area contributed by atoms with E-state index in [0.29, 0.717) is 18.0 Å². The molecule has 0 unspecified atom stereocenters. The number of aryl methyl sites for hydroxylation is 2. The maximum atomic E-state index is 12.4. The minimum Gasteiger partial charge on any atom is -0.361 e.